The molecule has 0 radical (unpaired) electrons. The molecule has 1 N–H and O–H groups in total. The zero-order chi connectivity index (χ0) is 19.5. The molecule has 1 aromatic carbocycles. The number of rotatable bonds is 0. The summed E-state index contributed by atoms with van der Waals surface area (Å²) in [7, 11) is 1.98. The molecule has 2 bridgehead atoms. The van der Waals surface area contributed by atoms with Crippen molar-refractivity contribution < 1.29 is 19.1 Å². The highest BCUT2D eigenvalue weighted by molar-refractivity contribution is 6.00. The smallest absolute Gasteiger partial charge is 0.258 e. The highest BCUT2D eigenvalue weighted by atomic mass is 16.5. The van der Waals surface area contributed by atoms with Crippen LogP contribution in [0.4, 0.5) is 0 Å². The molecule has 0 saturated carbocycles. The number of nitrogens with one attached hydrogen (secondary N) is 1. The zero-order valence-electron chi connectivity index (χ0n) is 16.4. The second-order valence-corrected chi connectivity index (χ2v) is 7.97. The number of benzene rings is 1. The summed E-state index contributed by atoms with van der Waals surface area (Å²) in [6, 6.07) is 6.81. The van der Waals surface area contributed by atoms with E-state index in [2.05, 4.69) is 10.2 Å². The van der Waals surface area contributed by atoms with Crippen molar-refractivity contribution in [2.24, 2.45) is 0 Å². The third kappa shape index (κ3) is 4.15. The third-order valence-corrected chi connectivity index (χ3v) is 5.90. The van der Waals surface area contributed by atoms with Gasteiger partial charge < -0.3 is 24.6 Å². The van der Waals surface area contributed by atoms with E-state index in [0.717, 1.165) is 32.2 Å². The summed E-state index contributed by atoms with van der Waals surface area (Å²) in [6.45, 7) is 2.79. The van der Waals surface area contributed by atoms with Crippen molar-refractivity contribution in [2.45, 2.75) is 43.9 Å². The summed E-state index contributed by atoms with van der Waals surface area (Å²) in [5, 5.41) is 3.04. The molecule has 0 spiro atoms. The standard InChI is InChI=1S/C21H29N3O4/c1-23-10-11-24-18(14-23)20(25)22-13-16-6-4-5-15(28-16)9-12-27-19-8-3-2-7-17(19)21(24)26/h2-3,7-8,15-16,18H,4-6,9-14H2,1H3,(H,22,25)/t15-,16-,18-/m0/s1. The second kappa shape index (κ2) is 8.49. The van der Waals surface area contributed by atoms with Gasteiger partial charge in [0.2, 0.25) is 5.91 Å². The predicted octanol–water partition coefficient (Wildman–Crippen LogP) is 1.28. The first-order valence-electron chi connectivity index (χ1n) is 10.3. The van der Waals surface area contributed by atoms with Gasteiger partial charge in [-0.15, -0.1) is 0 Å². The molecule has 1 aromatic rings. The van der Waals surface area contributed by atoms with Gasteiger partial charge in [-0.3, -0.25) is 9.59 Å². The van der Waals surface area contributed by atoms with Crippen molar-refractivity contribution in [2.75, 3.05) is 39.8 Å². The molecule has 3 aliphatic heterocycles. The maximum absolute atomic E-state index is 13.3. The summed E-state index contributed by atoms with van der Waals surface area (Å²) >= 11 is 0. The highest BCUT2D eigenvalue weighted by Crippen LogP contribution is 2.25. The SMILES string of the molecule is CN1CCN2C(=O)c3ccccc3OCC[C@@H]3CCC[C@@H](CNC(=O)[C@@H]2C1)O3. The van der Waals surface area contributed by atoms with Crippen molar-refractivity contribution in [3.8, 4) is 5.75 Å². The summed E-state index contributed by atoms with van der Waals surface area (Å²) in [6.07, 6.45) is 4.01. The van der Waals surface area contributed by atoms with E-state index >= 15 is 0 Å². The van der Waals surface area contributed by atoms with Crippen LogP contribution in [0.3, 0.4) is 0 Å². The molecule has 0 aliphatic carbocycles. The molecular weight excluding hydrogens is 358 g/mol. The Morgan fingerprint density at radius 2 is 1.89 bits per heavy atom. The molecule has 7 heteroatoms. The average Bonchev–Trinajstić information content (AvgIpc) is 2.71. The first-order chi connectivity index (χ1) is 13.6. The Balaban J connectivity index is 1.63. The van der Waals surface area contributed by atoms with E-state index in [-0.39, 0.29) is 24.0 Å². The zero-order valence-corrected chi connectivity index (χ0v) is 16.4. The van der Waals surface area contributed by atoms with Gasteiger partial charge in [0, 0.05) is 32.6 Å². The molecule has 2 saturated heterocycles. The molecule has 2 amide bonds. The van der Waals surface area contributed by atoms with Crippen LogP contribution in [0.1, 0.15) is 36.0 Å². The normalized spacial score (nSPS) is 29.8. The molecule has 3 aliphatic rings. The molecule has 4 rings (SSSR count). The fraction of sp³-hybridized carbons (Fsp3) is 0.619. The van der Waals surface area contributed by atoms with Gasteiger partial charge in [0.25, 0.3) is 5.91 Å². The van der Waals surface area contributed by atoms with Crippen LogP contribution in [0.5, 0.6) is 5.75 Å². The molecule has 28 heavy (non-hydrogen) atoms. The fourth-order valence-electron chi connectivity index (χ4n) is 4.29. The minimum absolute atomic E-state index is 0.0309. The van der Waals surface area contributed by atoms with Gasteiger partial charge in [-0.25, -0.2) is 0 Å². The topological polar surface area (TPSA) is 71.1 Å². The van der Waals surface area contributed by atoms with Crippen LogP contribution in [0, 0.1) is 0 Å². The number of amides is 2. The number of carbonyl (C=O) groups excluding carboxylic acids is 2. The molecule has 3 heterocycles. The van der Waals surface area contributed by atoms with E-state index < -0.39 is 6.04 Å². The average molecular weight is 387 g/mol. The minimum Gasteiger partial charge on any atom is -0.493 e. The van der Waals surface area contributed by atoms with Crippen LogP contribution >= 0.6 is 0 Å². The first-order valence-corrected chi connectivity index (χ1v) is 10.3. The van der Waals surface area contributed by atoms with Crippen LogP contribution in [0.25, 0.3) is 0 Å². The first kappa shape index (κ1) is 19.2. The number of ether oxygens (including phenoxy) is 2. The molecular formula is C21H29N3O4. The van der Waals surface area contributed by atoms with Crippen LogP contribution < -0.4 is 10.1 Å². The number of likely N-dealkylation sites (N-methyl/N-ethyl adjacent to an activating group) is 1. The van der Waals surface area contributed by atoms with E-state index in [4.69, 9.17) is 9.47 Å². The number of nitrogens with zero attached hydrogens (tertiary/aromatic N) is 2. The van der Waals surface area contributed by atoms with Gasteiger partial charge in [0.1, 0.15) is 11.8 Å². The molecule has 7 nitrogen and oxygen atoms in total. The number of hydrogen-bond acceptors (Lipinski definition) is 5. The molecule has 152 valence electrons. The lowest BCUT2D eigenvalue weighted by molar-refractivity contribution is -0.129. The Morgan fingerprint density at radius 1 is 1.07 bits per heavy atom. The van der Waals surface area contributed by atoms with Crippen molar-refractivity contribution in [3.63, 3.8) is 0 Å². The lowest BCUT2D eigenvalue weighted by atomic mass is 10.0. The quantitative estimate of drug-likeness (QED) is 0.726. The van der Waals surface area contributed by atoms with Gasteiger partial charge in [0.15, 0.2) is 0 Å². The minimum atomic E-state index is -0.512. The fourth-order valence-corrected chi connectivity index (χ4v) is 4.29. The maximum Gasteiger partial charge on any atom is 0.258 e. The number of carbonyl (C=O) groups is 2. The van der Waals surface area contributed by atoms with Gasteiger partial charge in [0.05, 0.1) is 24.4 Å². The van der Waals surface area contributed by atoms with Gasteiger partial charge in [-0.05, 0) is 38.4 Å². The van der Waals surface area contributed by atoms with Crippen LogP contribution in [0.15, 0.2) is 24.3 Å². The van der Waals surface area contributed by atoms with Gasteiger partial charge >= 0.3 is 0 Å². The van der Waals surface area contributed by atoms with Gasteiger partial charge in [-0.2, -0.15) is 0 Å². The molecule has 2 fully saturated rings. The van der Waals surface area contributed by atoms with E-state index in [1.165, 1.54) is 0 Å². The van der Waals surface area contributed by atoms with Crippen LogP contribution in [0.2, 0.25) is 0 Å². The molecule has 0 aromatic heterocycles. The van der Waals surface area contributed by atoms with Crippen LogP contribution in [-0.4, -0.2) is 79.7 Å². The highest BCUT2D eigenvalue weighted by Gasteiger charge is 2.36. The molecule has 3 atom stereocenters. The van der Waals surface area contributed by atoms with Crippen molar-refractivity contribution >= 4 is 11.8 Å². The Labute approximate surface area is 166 Å². The number of piperazine rings is 1. The van der Waals surface area contributed by atoms with E-state index in [0.29, 0.717) is 37.6 Å². The summed E-state index contributed by atoms with van der Waals surface area (Å²) in [5.41, 5.74) is 0.518. The van der Waals surface area contributed by atoms with E-state index in [9.17, 15) is 9.59 Å². The van der Waals surface area contributed by atoms with E-state index in [1.54, 1.807) is 11.0 Å². The van der Waals surface area contributed by atoms with Crippen molar-refractivity contribution in [1.29, 1.82) is 0 Å². The molecule has 0 unspecified atom stereocenters. The Morgan fingerprint density at radius 3 is 2.79 bits per heavy atom. The predicted molar refractivity (Wildman–Crippen MR) is 104 cm³/mol. The number of hydrogen-bond donors (Lipinski definition) is 1. The number of fused-ring (bicyclic) bond motifs is 4. The summed E-state index contributed by atoms with van der Waals surface area (Å²) in [4.78, 5) is 30.1. The monoisotopic (exact) mass is 387 g/mol. The lowest BCUT2D eigenvalue weighted by Crippen LogP contribution is -2.60. The third-order valence-electron chi connectivity index (χ3n) is 5.90. The Hall–Kier alpha value is -2.12. The largest absolute Gasteiger partial charge is 0.493 e. The lowest BCUT2D eigenvalue weighted by Gasteiger charge is -2.39. The second-order valence-electron chi connectivity index (χ2n) is 7.97. The van der Waals surface area contributed by atoms with Crippen LogP contribution in [-0.2, 0) is 9.53 Å². The Bertz CT molecular complexity index is 725. The van der Waals surface area contributed by atoms with Gasteiger partial charge in [-0.1, -0.05) is 12.1 Å². The summed E-state index contributed by atoms with van der Waals surface area (Å²) < 4.78 is 12.1. The van der Waals surface area contributed by atoms with Crippen molar-refractivity contribution in [3.05, 3.63) is 29.8 Å². The van der Waals surface area contributed by atoms with Crippen molar-refractivity contribution in [1.82, 2.24) is 15.1 Å². The number of para-hydroxylation sites is 1. The maximum atomic E-state index is 13.3. The summed E-state index contributed by atoms with van der Waals surface area (Å²) in [5.74, 6) is 0.327. The Kier molecular flexibility index (Phi) is 5.82. The van der Waals surface area contributed by atoms with E-state index in [1.807, 2.05) is 25.2 Å².